The van der Waals surface area contributed by atoms with Crippen molar-refractivity contribution in [1.29, 1.82) is 0 Å². The molecule has 8 nitrogen and oxygen atoms in total. The lowest BCUT2D eigenvalue weighted by atomic mass is 10.1. The lowest BCUT2D eigenvalue weighted by Crippen LogP contribution is -2.21. The van der Waals surface area contributed by atoms with Crippen molar-refractivity contribution in [2.24, 2.45) is 5.92 Å². The van der Waals surface area contributed by atoms with E-state index >= 15 is 0 Å². The molecule has 0 unspecified atom stereocenters. The summed E-state index contributed by atoms with van der Waals surface area (Å²) in [6.07, 6.45) is 0.953. The molecular formula is C16H22N2O6. The summed E-state index contributed by atoms with van der Waals surface area (Å²) in [6, 6.07) is 2.68. The fraction of sp³-hybridized carbons (Fsp3) is 0.500. The van der Waals surface area contributed by atoms with Gasteiger partial charge in [0.15, 0.2) is 12.4 Å². The number of methoxy groups -OCH3 is 1. The average Bonchev–Trinajstić information content (AvgIpc) is 2.52. The van der Waals surface area contributed by atoms with Crippen molar-refractivity contribution in [3.05, 3.63) is 27.8 Å². The summed E-state index contributed by atoms with van der Waals surface area (Å²) in [7, 11) is 1.31. The fourth-order valence-electron chi connectivity index (χ4n) is 1.92. The first-order valence-electron chi connectivity index (χ1n) is 7.53. The smallest absolute Gasteiger partial charge is 0.311 e. The van der Waals surface area contributed by atoms with Crippen molar-refractivity contribution in [2.45, 2.75) is 33.6 Å². The van der Waals surface area contributed by atoms with Gasteiger partial charge in [-0.25, -0.2) is 0 Å². The molecule has 0 radical (unpaired) electrons. The summed E-state index contributed by atoms with van der Waals surface area (Å²) in [5, 5.41) is 13.5. The number of nitro benzene ring substituents is 1. The molecule has 132 valence electrons. The molecule has 0 bridgehead atoms. The Morgan fingerprint density at radius 3 is 2.54 bits per heavy atom. The summed E-state index contributed by atoms with van der Waals surface area (Å²) in [5.41, 5.74) is 0.677. The van der Waals surface area contributed by atoms with Gasteiger partial charge in [0.1, 0.15) is 0 Å². The van der Waals surface area contributed by atoms with Crippen LogP contribution in [-0.2, 0) is 14.3 Å². The van der Waals surface area contributed by atoms with Gasteiger partial charge in [0.05, 0.1) is 12.0 Å². The lowest BCUT2D eigenvalue weighted by Gasteiger charge is -2.11. The molecule has 1 aromatic rings. The molecular weight excluding hydrogens is 316 g/mol. The second-order valence-electron chi connectivity index (χ2n) is 5.74. The monoisotopic (exact) mass is 338 g/mol. The molecule has 0 saturated carbocycles. The summed E-state index contributed by atoms with van der Waals surface area (Å²) in [4.78, 5) is 33.7. The number of nitrogens with zero attached hydrogens (tertiary/aromatic N) is 1. The van der Waals surface area contributed by atoms with E-state index in [0.29, 0.717) is 23.6 Å². The van der Waals surface area contributed by atoms with E-state index in [4.69, 9.17) is 9.47 Å². The van der Waals surface area contributed by atoms with Crippen LogP contribution in [0, 0.1) is 23.0 Å². The third kappa shape index (κ3) is 5.86. The van der Waals surface area contributed by atoms with Crippen LogP contribution >= 0.6 is 0 Å². The van der Waals surface area contributed by atoms with Gasteiger partial charge in [0, 0.05) is 24.2 Å². The predicted octanol–water partition coefficient (Wildman–Crippen LogP) is 2.83. The summed E-state index contributed by atoms with van der Waals surface area (Å²) in [5.74, 6) is -0.541. The summed E-state index contributed by atoms with van der Waals surface area (Å²) < 4.78 is 9.85. The molecule has 0 aliphatic rings. The van der Waals surface area contributed by atoms with Gasteiger partial charge in [-0.2, -0.15) is 0 Å². The Kier molecular flexibility index (Phi) is 7.16. The highest BCUT2D eigenvalue weighted by molar-refractivity contribution is 5.94. The Bertz CT molecular complexity index is 627. The van der Waals surface area contributed by atoms with Crippen molar-refractivity contribution >= 4 is 23.3 Å². The van der Waals surface area contributed by atoms with Gasteiger partial charge in [0.2, 0.25) is 0 Å². The van der Waals surface area contributed by atoms with Gasteiger partial charge in [-0.05, 0) is 24.8 Å². The SMILES string of the molecule is COc1cc(NC(=O)COC(=O)CCC(C)C)c(C)cc1[N+](=O)[O-]. The molecule has 1 N–H and O–H groups in total. The normalized spacial score (nSPS) is 10.4. The Hall–Kier alpha value is -2.64. The fourth-order valence-corrected chi connectivity index (χ4v) is 1.92. The third-order valence-electron chi connectivity index (χ3n) is 3.29. The zero-order valence-corrected chi connectivity index (χ0v) is 14.3. The molecule has 0 spiro atoms. The summed E-state index contributed by atoms with van der Waals surface area (Å²) >= 11 is 0. The van der Waals surface area contributed by atoms with Crippen LogP contribution in [0.25, 0.3) is 0 Å². The van der Waals surface area contributed by atoms with Crippen LogP contribution in [0.2, 0.25) is 0 Å². The first-order chi connectivity index (χ1) is 11.2. The number of nitrogens with one attached hydrogen (secondary N) is 1. The number of amides is 1. The number of nitro groups is 1. The minimum atomic E-state index is -0.562. The molecule has 0 atom stereocenters. The van der Waals surface area contributed by atoms with E-state index in [-0.39, 0.29) is 17.9 Å². The van der Waals surface area contributed by atoms with Crippen LogP contribution in [0.15, 0.2) is 12.1 Å². The number of aryl methyl sites for hydroxylation is 1. The Morgan fingerprint density at radius 2 is 2.00 bits per heavy atom. The Morgan fingerprint density at radius 1 is 1.33 bits per heavy atom. The number of hydrogen-bond donors (Lipinski definition) is 1. The van der Waals surface area contributed by atoms with E-state index in [1.165, 1.54) is 19.2 Å². The topological polar surface area (TPSA) is 108 Å². The van der Waals surface area contributed by atoms with E-state index in [2.05, 4.69) is 5.32 Å². The molecule has 0 aliphatic heterocycles. The van der Waals surface area contributed by atoms with Crippen molar-refractivity contribution in [2.75, 3.05) is 19.0 Å². The van der Waals surface area contributed by atoms with Crippen molar-refractivity contribution in [3.63, 3.8) is 0 Å². The minimum Gasteiger partial charge on any atom is -0.490 e. The van der Waals surface area contributed by atoms with Crippen LogP contribution < -0.4 is 10.1 Å². The molecule has 0 heterocycles. The number of carbonyl (C=O) groups is 2. The van der Waals surface area contributed by atoms with Crippen LogP contribution in [-0.4, -0.2) is 30.5 Å². The third-order valence-corrected chi connectivity index (χ3v) is 3.29. The van der Waals surface area contributed by atoms with E-state index in [9.17, 15) is 19.7 Å². The number of rotatable bonds is 8. The zero-order valence-electron chi connectivity index (χ0n) is 14.3. The van der Waals surface area contributed by atoms with Crippen LogP contribution in [0.5, 0.6) is 5.75 Å². The van der Waals surface area contributed by atoms with Crippen LogP contribution in [0.1, 0.15) is 32.3 Å². The van der Waals surface area contributed by atoms with Gasteiger partial charge < -0.3 is 14.8 Å². The molecule has 0 aromatic heterocycles. The van der Waals surface area contributed by atoms with E-state index in [0.717, 1.165) is 0 Å². The van der Waals surface area contributed by atoms with Crippen molar-refractivity contribution in [3.8, 4) is 5.75 Å². The standard InChI is InChI=1S/C16H22N2O6/c1-10(2)5-6-16(20)24-9-15(19)17-12-8-14(23-4)13(18(21)22)7-11(12)3/h7-8,10H,5-6,9H2,1-4H3,(H,17,19). The maximum absolute atomic E-state index is 11.9. The number of anilines is 1. The average molecular weight is 338 g/mol. The first-order valence-corrected chi connectivity index (χ1v) is 7.53. The largest absolute Gasteiger partial charge is 0.490 e. The van der Waals surface area contributed by atoms with Gasteiger partial charge in [0.25, 0.3) is 5.91 Å². The number of esters is 1. The number of benzene rings is 1. The lowest BCUT2D eigenvalue weighted by molar-refractivity contribution is -0.385. The molecule has 1 amide bonds. The second-order valence-corrected chi connectivity index (χ2v) is 5.74. The minimum absolute atomic E-state index is 0.0369. The predicted molar refractivity (Wildman–Crippen MR) is 88.0 cm³/mol. The van der Waals surface area contributed by atoms with Crippen LogP contribution in [0.4, 0.5) is 11.4 Å². The highest BCUT2D eigenvalue weighted by Crippen LogP contribution is 2.32. The second kappa shape index (κ2) is 8.85. The Balaban J connectivity index is 2.67. The zero-order chi connectivity index (χ0) is 18.3. The van der Waals surface area contributed by atoms with Crippen molar-refractivity contribution < 1.29 is 24.0 Å². The van der Waals surface area contributed by atoms with Gasteiger partial charge in [-0.15, -0.1) is 0 Å². The van der Waals surface area contributed by atoms with Crippen LogP contribution in [0.3, 0.4) is 0 Å². The highest BCUT2D eigenvalue weighted by atomic mass is 16.6. The Labute approximate surface area is 140 Å². The molecule has 1 rings (SSSR count). The molecule has 8 heteroatoms. The van der Waals surface area contributed by atoms with E-state index < -0.39 is 23.4 Å². The molecule has 24 heavy (non-hydrogen) atoms. The first kappa shape index (κ1) is 19.4. The van der Waals surface area contributed by atoms with E-state index in [1.807, 2.05) is 13.8 Å². The van der Waals surface area contributed by atoms with Gasteiger partial charge in [-0.3, -0.25) is 19.7 Å². The van der Waals surface area contributed by atoms with Crippen molar-refractivity contribution in [1.82, 2.24) is 0 Å². The van der Waals surface area contributed by atoms with Gasteiger partial charge in [-0.1, -0.05) is 13.8 Å². The maximum Gasteiger partial charge on any atom is 0.311 e. The maximum atomic E-state index is 11.9. The number of ether oxygens (including phenoxy) is 2. The van der Waals surface area contributed by atoms with Gasteiger partial charge >= 0.3 is 11.7 Å². The number of carbonyl (C=O) groups excluding carboxylic acids is 2. The number of hydrogen-bond acceptors (Lipinski definition) is 6. The highest BCUT2D eigenvalue weighted by Gasteiger charge is 2.18. The molecule has 0 saturated heterocycles. The summed E-state index contributed by atoms with van der Waals surface area (Å²) in [6.45, 7) is 5.20. The quantitative estimate of drug-likeness (QED) is 0.443. The van der Waals surface area contributed by atoms with E-state index in [1.54, 1.807) is 6.92 Å². The molecule has 0 fully saturated rings. The molecule has 0 aliphatic carbocycles. The molecule has 1 aromatic carbocycles.